The monoisotopic (exact) mass is 382 g/mol. The van der Waals surface area contributed by atoms with Crippen LogP contribution in [0, 0.1) is 6.92 Å². The summed E-state index contributed by atoms with van der Waals surface area (Å²) in [5.41, 5.74) is 4.26. The lowest BCUT2D eigenvalue weighted by molar-refractivity contribution is 0.357. The van der Waals surface area contributed by atoms with E-state index in [9.17, 15) is 0 Å². The van der Waals surface area contributed by atoms with Crippen molar-refractivity contribution in [3.05, 3.63) is 82.9 Å². The smallest absolute Gasteiger partial charge is 0.169 e. The van der Waals surface area contributed by atoms with Gasteiger partial charge in [-0.05, 0) is 67.2 Å². The van der Waals surface area contributed by atoms with E-state index in [4.69, 9.17) is 23.8 Å². The maximum atomic E-state index is 6.20. The molecule has 0 radical (unpaired) electrons. The average molecular weight is 383 g/mol. The second-order valence-corrected chi connectivity index (χ2v) is 7.27. The average Bonchev–Trinajstić information content (AvgIpc) is 3.23. The van der Waals surface area contributed by atoms with Gasteiger partial charge in [0.25, 0.3) is 0 Å². The summed E-state index contributed by atoms with van der Waals surface area (Å²) >= 11 is 11.7. The van der Waals surface area contributed by atoms with Gasteiger partial charge in [0.2, 0.25) is 0 Å². The molecule has 1 aromatic carbocycles. The molecule has 4 nitrogen and oxygen atoms in total. The van der Waals surface area contributed by atoms with Gasteiger partial charge in [0.15, 0.2) is 5.11 Å². The molecule has 1 N–H and O–H groups in total. The number of nitrogens with zero attached hydrogens (tertiary/aromatic N) is 3. The van der Waals surface area contributed by atoms with E-state index in [-0.39, 0.29) is 12.1 Å². The molecule has 1 fully saturated rings. The van der Waals surface area contributed by atoms with Crippen LogP contribution in [0.25, 0.3) is 5.69 Å². The van der Waals surface area contributed by atoms with Crippen LogP contribution >= 0.6 is 23.8 Å². The molecule has 0 bridgehead atoms. The molecule has 0 aliphatic carbocycles. The van der Waals surface area contributed by atoms with Crippen molar-refractivity contribution < 1.29 is 0 Å². The first-order chi connectivity index (χ1) is 12.6. The number of hydrogen-bond acceptors (Lipinski definition) is 2. The molecule has 3 aromatic rings. The molecule has 1 aliphatic rings. The summed E-state index contributed by atoms with van der Waals surface area (Å²) in [6, 6.07) is 16.3. The molecule has 4 rings (SSSR count). The minimum absolute atomic E-state index is 0.00394. The summed E-state index contributed by atoms with van der Waals surface area (Å²) in [6.07, 6.45) is 3.89. The number of hydrogen-bond donors (Lipinski definition) is 1. The van der Waals surface area contributed by atoms with E-state index < -0.39 is 0 Å². The van der Waals surface area contributed by atoms with E-state index in [0.29, 0.717) is 0 Å². The Labute approximate surface area is 163 Å². The zero-order valence-electron chi connectivity index (χ0n) is 14.6. The van der Waals surface area contributed by atoms with Crippen molar-refractivity contribution in [1.29, 1.82) is 0 Å². The minimum atomic E-state index is -0.00394. The zero-order chi connectivity index (χ0) is 18.3. The largest absolute Gasteiger partial charge is 0.352 e. The van der Waals surface area contributed by atoms with Crippen molar-refractivity contribution in [2.24, 2.45) is 0 Å². The Kier molecular flexibility index (Phi) is 4.42. The number of aryl methyl sites for hydroxylation is 1. The molecule has 0 spiro atoms. The first-order valence-corrected chi connectivity index (χ1v) is 9.23. The van der Waals surface area contributed by atoms with E-state index in [1.54, 1.807) is 0 Å². The van der Waals surface area contributed by atoms with Crippen LogP contribution in [0.1, 0.15) is 29.0 Å². The fourth-order valence-corrected chi connectivity index (χ4v) is 3.84. The summed E-state index contributed by atoms with van der Waals surface area (Å²) in [6.45, 7) is 2.02. The van der Waals surface area contributed by atoms with Crippen LogP contribution in [0.2, 0.25) is 5.02 Å². The van der Waals surface area contributed by atoms with Gasteiger partial charge in [-0.25, -0.2) is 0 Å². The molecule has 6 heteroatoms. The number of thiocarbonyl (C=S) groups is 1. The zero-order valence-corrected chi connectivity index (χ0v) is 16.1. The van der Waals surface area contributed by atoms with Crippen LogP contribution in [0.15, 0.2) is 60.9 Å². The lowest BCUT2D eigenvalue weighted by atomic mass is 10.0. The van der Waals surface area contributed by atoms with Gasteiger partial charge >= 0.3 is 0 Å². The van der Waals surface area contributed by atoms with Crippen LogP contribution < -0.4 is 5.32 Å². The topological polar surface area (TPSA) is 33.1 Å². The van der Waals surface area contributed by atoms with E-state index >= 15 is 0 Å². The summed E-state index contributed by atoms with van der Waals surface area (Å²) in [4.78, 5) is 6.64. The first-order valence-electron chi connectivity index (χ1n) is 8.44. The Morgan fingerprint density at radius 2 is 2.00 bits per heavy atom. The van der Waals surface area contributed by atoms with Crippen LogP contribution in [0.4, 0.5) is 0 Å². The molecule has 1 saturated heterocycles. The maximum Gasteiger partial charge on any atom is 0.169 e. The third-order valence-electron chi connectivity index (χ3n) is 4.84. The van der Waals surface area contributed by atoms with E-state index in [1.165, 1.54) is 0 Å². The van der Waals surface area contributed by atoms with E-state index in [1.807, 2.05) is 50.5 Å². The number of aromatic nitrogens is 2. The lowest BCUT2D eigenvalue weighted by Crippen LogP contribution is -2.25. The van der Waals surface area contributed by atoms with Crippen molar-refractivity contribution in [2.45, 2.75) is 19.0 Å². The van der Waals surface area contributed by atoms with Crippen LogP contribution in [0.3, 0.4) is 0 Å². The summed E-state index contributed by atoms with van der Waals surface area (Å²) < 4.78 is 2.19. The number of benzene rings is 1. The van der Waals surface area contributed by atoms with Crippen LogP contribution in [-0.4, -0.2) is 26.6 Å². The Hall–Kier alpha value is -2.37. The molecule has 1 aliphatic heterocycles. The number of nitrogens with one attached hydrogen (secondary N) is 1. The molecule has 0 saturated carbocycles. The van der Waals surface area contributed by atoms with Gasteiger partial charge in [-0.1, -0.05) is 17.7 Å². The Bertz CT molecular complexity index is 953. The normalized spacial score (nSPS) is 19.7. The highest BCUT2D eigenvalue weighted by molar-refractivity contribution is 7.80. The highest BCUT2D eigenvalue weighted by atomic mass is 35.5. The van der Waals surface area contributed by atoms with Gasteiger partial charge in [-0.3, -0.25) is 4.98 Å². The van der Waals surface area contributed by atoms with Gasteiger partial charge in [0.1, 0.15) is 0 Å². The van der Waals surface area contributed by atoms with Gasteiger partial charge in [-0.15, -0.1) is 0 Å². The Balaban J connectivity index is 1.80. The van der Waals surface area contributed by atoms with Crippen LogP contribution in [-0.2, 0) is 0 Å². The molecular formula is C20H19ClN4S. The minimum Gasteiger partial charge on any atom is -0.352 e. The second-order valence-electron chi connectivity index (χ2n) is 6.47. The first kappa shape index (κ1) is 17.1. The molecule has 2 aromatic heterocycles. The molecule has 3 heterocycles. The quantitative estimate of drug-likeness (QED) is 0.679. The number of halogens is 1. The standard InChI is InChI=1S/C20H19ClN4S/c1-13-12-14(8-9-15(13)21)25-11-5-7-17(25)19-18(23-20(26)24(19)2)16-6-3-4-10-22-16/h3-12,18-19H,1-2H3,(H,23,26)/t18-,19+/m1/s1. The van der Waals surface area contributed by atoms with Gasteiger partial charge in [-0.2, -0.15) is 0 Å². The Morgan fingerprint density at radius 3 is 2.73 bits per heavy atom. The summed E-state index contributed by atoms with van der Waals surface area (Å²) in [5, 5.41) is 4.92. The molecule has 26 heavy (non-hydrogen) atoms. The van der Waals surface area contributed by atoms with Crippen molar-refractivity contribution in [1.82, 2.24) is 19.8 Å². The van der Waals surface area contributed by atoms with Gasteiger partial charge in [0.05, 0.1) is 17.8 Å². The summed E-state index contributed by atoms with van der Waals surface area (Å²) in [5.74, 6) is 0. The molecule has 0 amide bonds. The van der Waals surface area contributed by atoms with Gasteiger partial charge < -0.3 is 14.8 Å². The van der Waals surface area contributed by atoms with Crippen LogP contribution in [0.5, 0.6) is 0 Å². The number of pyridine rings is 1. The lowest BCUT2D eigenvalue weighted by Gasteiger charge is -2.26. The van der Waals surface area contributed by atoms with Crippen molar-refractivity contribution >= 4 is 28.9 Å². The Morgan fingerprint density at radius 1 is 1.15 bits per heavy atom. The fourth-order valence-electron chi connectivity index (χ4n) is 3.48. The number of likely N-dealkylation sites (N-methyl/N-ethyl adjacent to an activating group) is 1. The molecule has 0 unspecified atom stereocenters. The van der Waals surface area contributed by atoms with E-state index in [2.05, 4.69) is 44.2 Å². The molecular weight excluding hydrogens is 364 g/mol. The fraction of sp³-hybridized carbons (Fsp3) is 0.200. The highest BCUT2D eigenvalue weighted by Gasteiger charge is 2.39. The third-order valence-corrected chi connectivity index (χ3v) is 5.67. The molecule has 2 atom stereocenters. The highest BCUT2D eigenvalue weighted by Crippen LogP contribution is 2.38. The third kappa shape index (κ3) is 2.87. The van der Waals surface area contributed by atoms with Crippen molar-refractivity contribution in [3.63, 3.8) is 0 Å². The SMILES string of the molecule is Cc1cc(-n2cccc2[C@H]2[C@@H](c3ccccn3)NC(=S)N2C)ccc1Cl. The van der Waals surface area contributed by atoms with Gasteiger partial charge in [0, 0.05) is 35.8 Å². The van der Waals surface area contributed by atoms with E-state index in [0.717, 1.165) is 32.8 Å². The van der Waals surface area contributed by atoms with Crippen molar-refractivity contribution in [3.8, 4) is 5.69 Å². The number of rotatable bonds is 3. The second kappa shape index (κ2) is 6.74. The maximum absolute atomic E-state index is 6.20. The predicted molar refractivity (Wildman–Crippen MR) is 109 cm³/mol. The molecule has 132 valence electrons. The van der Waals surface area contributed by atoms with Crippen molar-refractivity contribution in [2.75, 3.05) is 7.05 Å². The predicted octanol–water partition coefficient (Wildman–Crippen LogP) is 4.44. The summed E-state index contributed by atoms with van der Waals surface area (Å²) in [7, 11) is 2.02.